The van der Waals surface area contributed by atoms with Gasteiger partial charge < -0.3 is 5.11 Å². The zero-order chi connectivity index (χ0) is 12.5. The highest BCUT2D eigenvalue weighted by Gasteiger charge is 2.19. The maximum absolute atomic E-state index is 10.2. The van der Waals surface area contributed by atoms with Crippen LogP contribution in [0.1, 0.15) is 27.2 Å². The average molecular weight is 282 g/mol. The molecule has 0 radical (unpaired) electrons. The van der Waals surface area contributed by atoms with E-state index in [0.29, 0.717) is 12.2 Å². The molecule has 5 nitrogen and oxygen atoms in total. The lowest BCUT2D eigenvalue weighted by atomic mass is 10.1. The first-order valence-electron chi connectivity index (χ1n) is 5.82. The summed E-state index contributed by atoms with van der Waals surface area (Å²) in [6.07, 6.45) is 1.04. The first-order chi connectivity index (χ1) is 8.72. The van der Waals surface area contributed by atoms with Crippen molar-refractivity contribution in [2.24, 2.45) is 7.05 Å². The fraction of sp³-hybridized carbons (Fsp3) is 0.545. The standard InChI is InChI=1S/C11H14N4OS2/c1-15-13-11(12-14-15)5-8(16)10-4-7-6-17-3-2-9(7)18-10/h4,8,16H,2-3,5-6H2,1H3. The Morgan fingerprint density at radius 3 is 3.17 bits per heavy atom. The van der Waals surface area contributed by atoms with Gasteiger partial charge in [-0.1, -0.05) is 0 Å². The summed E-state index contributed by atoms with van der Waals surface area (Å²) in [5.74, 6) is 2.85. The molecule has 0 aliphatic carbocycles. The minimum Gasteiger partial charge on any atom is -0.387 e. The third-order valence-electron chi connectivity index (χ3n) is 2.90. The molecule has 96 valence electrons. The molecule has 1 unspecified atom stereocenters. The zero-order valence-corrected chi connectivity index (χ0v) is 11.7. The molecule has 1 aliphatic rings. The van der Waals surface area contributed by atoms with E-state index in [-0.39, 0.29) is 0 Å². The molecule has 0 aromatic carbocycles. The van der Waals surface area contributed by atoms with Crippen molar-refractivity contribution in [3.05, 3.63) is 27.2 Å². The third-order valence-corrected chi connectivity index (χ3v) is 5.25. The number of fused-ring (bicyclic) bond motifs is 1. The van der Waals surface area contributed by atoms with Crippen LogP contribution in [0.4, 0.5) is 0 Å². The van der Waals surface area contributed by atoms with Gasteiger partial charge in [0, 0.05) is 21.9 Å². The van der Waals surface area contributed by atoms with Gasteiger partial charge in [0.1, 0.15) is 0 Å². The highest BCUT2D eigenvalue weighted by Crippen LogP contribution is 2.35. The number of nitrogens with zero attached hydrogens (tertiary/aromatic N) is 4. The van der Waals surface area contributed by atoms with Crippen LogP contribution in [0.3, 0.4) is 0 Å². The molecule has 0 saturated carbocycles. The minimum absolute atomic E-state index is 0.431. The predicted octanol–water partition coefficient (Wildman–Crippen LogP) is 1.34. The quantitative estimate of drug-likeness (QED) is 0.920. The molecule has 0 saturated heterocycles. The van der Waals surface area contributed by atoms with E-state index in [0.717, 1.165) is 17.1 Å². The number of hydrogen-bond acceptors (Lipinski definition) is 6. The summed E-state index contributed by atoms with van der Waals surface area (Å²) < 4.78 is 0. The van der Waals surface area contributed by atoms with Crippen molar-refractivity contribution in [3.8, 4) is 0 Å². The van der Waals surface area contributed by atoms with Gasteiger partial charge in [0.15, 0.2) is 5.82 Å². The number of rotatable bonds is 3. The Balaban J connectivity index is 1.75. The normalized spacial score (nSPS) is 16.6. The Hall–Kier alpha value is -0.920. The van der Waals surface area contributed by atoms with Crippen LogP contribution in [0.5, 0.6) is 0 Å². The summed E-state index contributed by atoms with van der Waals surface area (Å²) in [7, 11) is 1.73. The minimum atomic E-state index is -0.519. The van der Waals surface area contributed by atoms with Crippen molar-refractivity contribution in [3.63, 3.8) is 0 Å². The van der Waals surface area contributed by atoms with Crippen molar-refractivity contribution < 1.29 is 5.11 Å². The molecule has 2 aromatic rings. The maximum Gasteiger partial charge on any atom is 0.177 e. The van der Waals surface area contributed by atoms with Gasteiger partial charge in [-0.15, -0.1) is 21.5 Å². The molecule has 2 aromatic heterocycles. The molecule has 1 N–H and O–H groups in total. The first-order valence-corrected chi connectivity index (χ1v) is 7.79. The lowest BCUT2D eigenvalue weighted by Gasteiger charge is -2.08. The van der Waals surface area contributed by atoms with E-state index >= 15 is 0 Å². The van der Waals surface area contributed by atoms with E-state index in [9.17, 15) is 5.11 Å². The number of aryl methyl sites for hydroxylation is 2. The largest absolute Gasteiger partial charge is 0.387 e. The monoisotopic (exact) mass is 282 g/mol. The number of thiophene rings is 1. The van der Waals surface area contributed by atoms with Gasteiger partial charge in [0.25, 0.3) is 0 Å². The molecule has 7 heteroatoms. The highest BCUT2D eigenvalue weighted by atomic mass is 32.2. The van der Waals surface area contributed by atoms with Crippen molar-refractivity contribution in [1.82, 2.24) is 20.2 Å². The molecule has 3 rings (SSSR count). The van der Waals surface area contributed by atoms with E-state index in [2.05, 4.69) is 21.5 Å². The van der Waals surface area contributed by atoms with E-state index in [1.54, 1.807) is 18.4 Å². The van der Waals surface area contributed by atoms with Crippen LogP contribution in [0, 0.1) is 0 Å². The van der Waals surface area contributed by atoms with Gasteiger partial charge in [-0.3, -0.25) is 0 Å². The van der Waals surface area contributed by atoms with Crippen molar-refractivity contribution in [2.45, 2.75) is 24.7 Å². The summed E-state index contributed by atoms with van der Waals surface area (Å²) in [6.45, 7) is 0. The molecule has 0 spiro atoms. The van der Waals surface area contributed by atoms with E-state index in [4.69, 9.17) is 0 Å². The molecule has 3 heterocycles. The Kier molecular flexibility index (Phi) is 3.36. The number of hydrogen-bond donors (Lipinski definition) is 1. The summed E-state index contributed by atoms with van der Waals surface area (Å²) >= 11 is 3.68. The Bertz CT molecular complexity index is 527. The van der Waals surface area contributed by atoms with Gasteiger partial charge in [-0.05, 0) is 29.0 Å². The SMILES string of the molecule is Cn1nnc(CC(O)c2cc3c(s2)CCSC3)n1. The smallest absolute Gasteiger partial charge is 0.177 e. The van der Waals surface area contributed by atoms with Crippen molar-refractivity contribution in [2.75, 3.05) is 5.75 Å². The number of thioether (sulfide) groups is 1. The second-order valence-corrected chi connectivity index (χ2v) is 6.59. The van der Waals surface area contributed by atoms with E-state index < -0.39 is 6.10 Å². The molecule has 18 heavy (non-hydrogen) atoms. The van der Waals surface area contributed by atoms with Gasteiger partial charge in [0.05, 0.1) is 13.2 Å². The summed E-state index contributed by atoms with van der Waals surface area (Å²) in [4.78, 5) is 3.86. The van der Waals surface area contributed by atoms with E-state index in [1.165, 1.54) is 21.0 Å². The second kappa shape index (κ2) is 4.99. The molecular formula is C11H14N4OS2. The molecule has 0 fully saturated rings. The zero-order valence-electron chi connectivity index (χ0n) is 10.0. The lowest BCUT2D eigenvalue weighted by Crippen LogP contribution is -2.02. The predicted molar refractivity (Wildman–Crippen MR) is 71.6 cm³/mol. The number of aromatic nitrogens is 4. The van der Waals surface area contributed by atoms with Crippen LogP contribution >= 0.6 is 23.1 Å². The molecule has 1 atom stereocenters. The summed E-state index contributed by atoms with van der Waals surface area (Å²) in [5, 5.41) is 22.0. The van der Waals surface area contributed by atoms with Crippen molar-refractivity contribution in [1.29, 1.82) is 0 Å². The average Bonchev–Trinajstić information content (AvgIpc) is 2.95. The molecule has 1 aliphatic heterocycles. The van der Waals surface area contributed by atoms with Crippen LogP contribution in [0.2, 0.25) is 0 Å². The summed E-state index contributed by atoms with van der Waals surface area (Å²) in [6, 6.07) is 2.13. The topological polar surface area (TPSA) is 63.8 Å². The third kappa shape index (κ3) is 2.43. The Labute approximate surface area is 113 Å². The van der Waals surface area contributed by atoms with E-state index in [1.807, 2.05) is 11.8 Å². The first kappa shape index (κ1) is 12.1. The van der Waals surface area contributed by atoms with Crippen LogP contribution in [-0.2, 0) is 25.6 Å². The van der Waals surface area contributed by atoms with Gasteiger partial charge in [-0.2, -0.15) is 16.6 Å². The van der Waals surface area contributed by atoms with Gasteiger partial charge >= 0.3 is 0 Å². The lowest BCUT2D eigenvalue weighted by molar-refractivity contribution is 0.179. The van der Waals surface area contributed by atoms with Gasteiger partial charge in [-0.25, -0.2) is 0 Å². The Morgan fingerprint density at radius 2 is 2.44 bits per heavy atom. The van der Waals surface area contributed by atoms with Crippen LogP contribution in [0.25, 0.3) is 0 Å². The van der Waals surface area contributed by atoms with Crippen molar-refractivity contribution >= 4 is 23.1 Å². The fourth-order valence-corrected chi connectivity index (χ4v) is 4.38. The van der Waals surface area contributed by atoms with Crippen LogP contribution in [0.15, 0.2) is 6.07 Å². The summed E-state index contributed by atoms with van der Waals surface area (Å²) in [5.41, 5.74) is 1.39. The van der Waals surface area contributed by atoms with Crippen LogP contribution < -0.4 is 0 Å². The number of aliphatic hydroxyl groups is 1. The highest BCUT2D eigenvalue weighted by molar-refractivity contribution is 7.98. The number of tetrazole rings is 1. The molecular weight excluding hydrogens is 268 g/mol. The van der Waals surface area contributed by atoms with Crippen LogP contribution in [-0.4, -0.2) is 31.1 Å². The molecule has 0 bridgehead atoms. The molecule has 0 amide bonds. The maximum atomic E-state index is 10.2. The second-order valence-electron chi connectivity index (χ2n) is 4.31. The fourth-order valence-electron chi connectivity index (χ4n) is 2.01. The Morgan fingerprint density at radius 1 is 1.56 bits per heavy atom. The van der Waals surface area contributed by atoms with Gasteiger partial charge in [0.2, 0.25) is 0 Å². The number of aliphatic hydroxyl groups excluding tert-OH is 1.